The van der Waals surface area contributed by atoms with Crippen LogP contribution >= 0.6 is 0 Å². The topological polar surface area (TPSA) is 78.9 Å². The fourth-order valence-corrected chi connectivity index (χ4v) is 8.39. The molecule has 0 saturated carbocycles. The Bertz CT molecular complexity index is 918. The summed E-state index contributed by atoms with van der Waals surface area (Å²) in [6.45, 7) is 8.98. The second-order valence-corrected chi connectivity index (χ2v) is 19.3. The predicted molar refractivity (Wildman–Crippen MR) is 261 cm³/mol. The highest BCUT2D eigenvalue weighted by Gasteiger charge is 2.19. The van der Waals surface area contributed by atoms with E-state index in [1.165, 1.54) is 199 Å². The summed E-state index contributed by atoms with van der Waals surface area (Å²) in [6, 6.07) is 0. The van der Waals surface area contributed by atoms with Crippen molar-refractivity contribution in [3.05, 3.63) is 0 Å². The zero-order valence-corrected chi connectivity index (χ0v) is 41.6. The van der Waals surface area contributed by atoms with Crippen molar-refractivity contribution < 1.29 is 28.6 Å². The third-order valence-corrected chi connectivity index (χ3v) is 12.5. The highest BCUT2D eigenvalue weighted by atomic mass is 16.6. The molecule has 0 fully saturated rings. The van der Waals surface area contributed by atoms with Gasteiger partial charge in [-0.25, -0.2) is 0 Å². The van der Waals surface area contributed by atoms with Crippen molar-refractivity contribution in [3.8, 4) is 0 Å². The van der Waals surface area contributed by atoms with E-state index >= 15 is 0 Å². The third-order valence-electron chi connectivity index (χ3n) is 12.5. The van der Waals surface area contributed by atoms with E-state index in [1.54, 1.807) is 0 Å². The molecule has 6 heteroatoms. The van der Waals surface area contributed by atoms with E-state index in [9.17, 15) is 14.4 Å². The van der Waals surface area contributed by atoms with Crippen LogP contribution in [0.25, 0.3) is 0 Å². The lowest BCUT2D eigenvalue weighted by Gasteiger charge is -2.18. The van der Waals surface area contributed by atoms with E-state index < -0.39 is 6.10 Å². The van der Waals surface area contributed by atoms with Gasteiger partial charge in [-0.2, -0.15) is 0 Å². The standard InChI is InChI=1S/C55H106O6/c1-5-7-9-11-12-13-14-15-16-17-18-19-23-26-29-32-35-39-42-46-53(56)59-49-52(61-55(58)48-44-37-10-8-6-2)50-60-54(57)47-43-40-36-33-30-27-24-21-20-22-25-28-31-34-38-41-45-51(3)4/h51-52H,5-50H2,1-4H3/t52-/m1/s1. The van der Waals surface area contributed by atoms with Gasteiger partial charge in [0.15, 0.2) is 6.10 Å². The highest BCUT2D eigenvalue weighted by Crippen LogP contribution is 2.18. The van der Waals surface area contributed by atoms with Crippen molar-refractivity contribution >= 4 is 17.9 Å². The molecule has 0 N–H and O–H groups in total. The molecule has 0 amide bonds. The molecular weight excluding hydrogens is 757 g/mol. The molecule has 0 heterocycles. The van der Waals surface area contributed by atoms with E-state index in [0.717, 1.165) is 70.1 Å². The van der Waals surface area contributed by atoms with Gasteiger partial charge in [0.25, 0.3) is 0 Å². The van der Waals surface area contributed by atoms with Gasteiger partial charge >= 0.3 is 17.9 Å². The molecule has 0 unspecified atom stereocenters. The Kier molecular flexibility index (Phi) is 48.1. The number of unbranched alkanes of at least 4 members (excludes halogenated alkanes) is 37. The van der Waals surface area contributed by atoms with Gasteiger partial charge in [-0.15, -0.1) is 0 Å². The fraction of sp³-hybridized carbons (Fsp3) is 0.945. The van der Waals surface area contributed by atoms with Crippen molar-refractivity contribution in [2.75, 3.05) is 13.2 Å². The van der Waals surface area contributed by atoms with Gasteiger partial charge < -0.3 is 14.2 Å². The van der Waals surface area contributed by atoms with Gasteiger partial charge in [-0.05, 0) is 25.2 Å². The molecule has 0 aromatic heterocycles. The zero-order valence-electron chi connectivity index (χ0n) is 41.6. The largest absolute Gasteiger partial charge is 0.462 e. The number of carbonyl (C=O) groups is 3. The van der Waals surface area contributed by atoms with Gasteiger partial charge in [0.2, 0.25) is 0 Å². The quantitative estimate of drug-likeness (QED) is 0.0344. The lowest BCUT2D eigenvalue weighted by atomic mass is 10.0. The number of rotatable bonds is 50. The average Bonchev–Trinajstić information content (AvgIpc) is 3.24. The van der Waals surface area contributed by atoms with Gasteiger partial charge in [-0.1, -0.05) is 272 Å². The van der Waals surface area contributed by atoms with Crippen LogP contribution in [-0.4, -0.2) is 37.2 Å². The third kappa shape index (κ3) is 49.3. The number of esters is 3. The number of hydrogen-bond donors (Lipinski definition) is 0. The highest BCUT2D eigenvalue weighted by molar-refractivity contribution is 5.71. The summed E-state index contributed by atoms with van der Waals surface area (Å²) in [4.78, 5) is 37.7. The Morgan fingerprint density at radius 3 is 0.803 bits per heavy atom. The first-order valence-electron chi connectivity index (χ1n) is 27.4. The molecule has 0 spiro atoms. The molecule has 0 aromatic carbocycles. The normalized spacial score (nSPS) is 12.0. The van der Waals surface area contributed by atoms with Crippen molar-refractivity contribution in [1.82, 2.24) is 0 Å². The lowest BCUT2D eigenvalue weighted by Crippen LogP contribution is -2.30. The van der Waals surface area contributed by atoms with Crippen LogP contribution in [0.5, 0.6) is 0 Å². The van der Waals surface area contributed by atoms with E-state index in [1.807, 2.05) is 0 Å². The molecule has 0 radical (unpaired) electrons. The van der Waals surface area contributed by atoms with Crippen LogP contribution in [0, 0.1) is 5.92 Å². The van der Waals surface area contributed by atoms with E-state index in [4.69, 9.17) is 14.2 Å². The molecule has 0 aliphatic rings. The van der Waals surface area contributed by atoms with Crippen LogP contribution in [-0.2, 0) is 28.6 Å². The Labute approximate surface area is 380 Å². The van der Waals surface area contributed by atoms with Crippen LogP contribution < -0.4 is 0 Å². The predicted octanol–water partition coefficient (Wildman–Crippen LogP) is 17.8. The molecule has 6 nitrogen and oxygen atoms in total. The van der Waals surface area contributed by atoms with E-state index in [-0.39, 0.29) is 31.1 Å². The molecule has 0 bridgehead atoms. The molecule has 0 rings (SSSR count). The van der Waals surface area contributed by atoms with Gasteiger partial charge in [0.1, 0.15) is 13.2 Å². The molecule has 362 valence electrons. The number of ether oxygens (including phenoxy) is 3. The number of hydrogen-bond acceptors (Lipinski definition) is 6. The van der Waals surface area contributed by atoms with Crippen molar-refractivity contribution in [2.45, 2.75) is 316 Å². The SMILES string of the molecule is CCCCCCCCCCCCCCCCCCCCCC(=O)OC[C@H](COC(=O)CCCCCCCCCCCCCCCCCCC(C)C)OC(=O)CCCCCCC. The summed E-state index contributed by atoms with van der Waals surface area (Å²) in [5, 5.41) is 0. The minimum atomic E-state index is -0.759. The van der Waals surface area contributed by atoms with Crippen LogP contribution in [0.3, 0.4) is 0 Å². The molecule has 0 aliphatic heterocycles. The average molecular weight is 863 g/mol. The summed E-state index contributed by atoms with van der Waals surface area (Å²) in [5.74, 6) is -0.00369. The molecule has 1 atom stereocenters. The van der Waals surface area contributed by atoms with Crippen LogP contribution in [0.2, 0.25) is 0 Å². The Balaban J connectivity index is 4.01. The Morgan fingerprint density at radius 1 is 0.311 bits per heavy atom. The minimum Gasteiger partial charge on any atom is -0.462 e. The molecule has 0 aliphatic carbocycles. The summed E-state index contributed by atoms with van der Waals surface area (Å²) in [6.07, 6.45) is 52.8. The van der Waals surface area contributed by atoms with E-state index in [2.05, 4.69) is 27.7 Å². The monoisotopic (exact) mass is 863 g/mol. The first-order chi connectivity index (χ1) is 29.9. The zero-order chi connectivity index (χ0) is 44.5. The summed E-state index contributed by atoms with van der Waals surface area (Å²) < 4.78 is 16.7. The van der Waals surface area contributed by atoms with E-state index in [0.29, 0.717) is 19.3 Å². The summed E-state index contributed by atoms with van der Waals surface area (Å²) >= 11 is 0. The van der Waals surface area contributed by atoms with Crippen LogP contribution in [0.4, 0.5) is 0 Å². The van der Waals surface area contributed by atoms with Crippen LogP contribution in [0.15, 0.2) is 0 Å². The summed E-state index contributed by atoms with van der Waals surface area (Å²) in [7, 11) is 0. The number of carbonyl (C=O) groups excluding carboxylic acids is 3. The van der Waals surface area contributed by atoms with Crippen LogP contribution in [0.1, 0.15) is 310 Å². The fourth-order valence-electron chi connectivity index (χ4n) is 8.39. The lowest BCUT2D eigenvalue weighted by molar-refractivity contribution is -0.167. The Morgan fingerprint density at radius 2 is 0.541 bits per heavy atom. The maximum Gasteiger partial charge on any atom is 0.306 e. The molecule has 61 heavy (non-hydrogen) atoms. The van der Waals surface area contributed by atoms with Gasteiger partial charge in [0.05, 0.1) is 0 Å². The van der Waals surface area contributed by atoms with Crippen molar-refractivity contribution in [2.24, 2.45) is 5.92 Å². The molecular formula is C55H106O6. The second-order valence-electron chi connectivity index (χ2n) is 19.3. The first kappa shape index (κ1) is 59.4. The summed E-state index contributed by atoms with van der Waals surface area (Å²) in [5.41, 5.74) is 0. The van der Waals surface area contributed by atoms with Crippen molar-refractivity contribution in [3.63, 3.8) is 0 Å². The van der Waals surface area contributed by atoms with Crippen molar-refractivity contribution in [1.29, 1.82) is 0 Å². The molecule has 0 aromatic rings. The Hall–Kier alpha value is -1.59. The smallest absolute Gasteiger partial charge is 0.306 e. The minimum absolute atomic E-state index is 0.0640. The second kappa shape index (κ2) is 49.4. The molecule has 0 saturated heterocycles. The maximum atomic E-state index is 12.6. The maximum absolute atomic E-state index is 12.6. The first-order valence-corrected chi connectivity index (χ1v) is 27.4. The van der Waals surface area contributed by atoms with Gasteiger partial charge in [0, 0.05) is 19.3 Å². The van der Waals surface area contributed by atoms with Gasteiger partial charge in [-0.3, -0.25) is 14.4 Å².